The summed E-state index contributed by atoms with van der Waals surface area (Å²) in [4.78, 5) is 22.0. The summed E-state index contributed by atoms with van der Waals surface area (Å²) >= 11 is 0. The molecule has 0 heterocycles. The first-order valence-electron chi connectivity index (χ1n) is 4.51. The van der Waals surface area contributed by atoms with Crippen molar-refractivity contribution in [3.63, 3.8) is 0 Å². The van der Waals surface area contributed by atoms with Gasteiger partial charge < -0.3 is 16.4 Å². The van der Waals surface area contributed by atoms with E-state index in [9.17, 15) is 9.59 Å². The molecule has 80 valence electrons. The molecular weight excluding hydrogens is 194 g/mol. The quantitative estimate of drug-likeness (QED) is 0.681. The molecule has 0 radical (unpaired) electrons. The molecule has 5 heteroatoms. The van der Waals surface area contributed by atoms with Gasteiger partial charge in [0.15, 0.2) is 0 Å². The Morgan fingerprint density at radius 2 is 1.87 bits per heavy atom. The number of primary amides is 1. The molecule has 1 rings (SSSR count). The normalized spacial score (nSPS) is 11.5. The highest BCUT2D eigenvalue weighted by atomic mass is 16.2. The molecule has 0 spiro atoms. The molecule has 0 saturated heterocycles. The Balaban J connectivity index is 2.47. The lowest BCUT2D eigenvalue weighted by Gasteiger charge is -2.11. The van der Waals surface area contributed by atoms with E-state index in [4.69, 9.17) is 5.73 Å². The standard InChI is InChI=1S/C10H13N3O2/c1-7(9(11)14)12-10(15)13-8-5-3-2-4-6-8/h2-7H,1H3,(H2,11,14)(H2,12,13,15)/t7-/m0/s1. The Morgan fingerprint density at radius 1 is 1.27 bits per heavy atom. The second kappa shape index (κ2) is 4.99. The number of carbonyl (C=O) groups is 2. The average Bonchev–Trinajstić information content (AvgIpc) is 2.18. The van der Waals surface area contributed by atoms with Crippen molar-refractivity contribution >= 4 is 17.6 Å². The Morgan fingerprint density at radius 3 is 2.40 bits per heavy atom. The molecule has 0 aliphatic heterocycles. The van der Waals surface area contributed by atoms with Gasteiger partial charge in [0.05, 0.1) is 0 Å². The predicted octanol–water partition coefficient (Wildman–Crippen LogP) is 0.682. The molecule has 3 amide bonds. The number of rotatable bonds is 3. The Kier molecular flexibility index (Phi) is 3.68. The van der Waals surface area contributed by atoms with E-state index >= 15 is 0 Å². The van der Waals surface area contributed by atoms with Crippen molar-refractivity contribution in [3.05, 3.63) is 30.3 Å². The van der Waals surface area contributed by atoms with Gasteiger partial charge in [-0.2, -0.15) is 0 Å². The molecule has 15 heavy (non-hydrogen) atoms. The number of hydrogen-bond donors (Lipinski definition) is 3. The molecule has 0 saturated carbocycles. The first-order valence-corrected chi connectivity index (χ1v) is 4.51. The summed E-state index contributed by atoms with van der Waals surface area (Å²) < 4.78 is 0. The summed E-state index contributed by atoms with van der Waals surface area (Å²) in [7, 11) is 0. The first kappa shape index (κ1) is 11.0. The van der Waals surface area contributed by atoms with Crippen LogP contribution in [-0.2, 0) is 4.79 Å². The largest absolute Gasteiger partial charge is 0.368 e. The highest BCUT2D eigenvalue weighted by Gasteiger charge is 2.11. The Bertz CT molecular complexity index is 351. The average molecular weight is 207 g/mol. The van der Waals surface area contributed by atoms with Crippen LogP contribution in [0.5, 0.6) is 0 Å². The van der Waals surface area contributed by atoms with Crippen LogP contribution >= 0.6 is 0 Å². The minimum absolute atomic E-state index is 0.451. The number of hydrogen-bond acceptors (Lipinski definition) is 2. The molecule has 0 bridgehead atoms. The molecule has 0 aliphatic carbocycles. The van der Waals surface area contributed by atoms with Gasteiger partial charge in [-0.1, -0.05) is 18.2 Å². The van der Waals surface area contributed by atoms with Crippen molar-refractivity contribution in [1.82, 2.24) is 5.32 Å². The lowest BCUT2D eigenvalue weighted by Crippen LogP contribution is -2.44. The molecule has 1 aromatic rings. The van der Waals surface area contributed by atoms with Crippen molar-refractivity contribution in [2.75, 3.05) is 5.32 Å². The zero-order valence-electron chi connectivity index (χ0n) is 8.36. The number of carbonyl (C=O) groups excluding carboxylic acids is 2. The SMILES string of the molecule is C[C@H](NC(=O)Nc1ccccc1)C(N)=O. The van der Waals surface area contributed by atoms with Crippen LogP contribution in [-0.4, -0.2) is 18.0 Å². The maximum atomic E-state index is 11.3. The topological polar surface area (TPSA) is 84.2 Å². The molecule has 1 aromatic carbocycles. The van der Waals surface area contributed by atoms with Crippen molar-refractivity contribution in [3.8, 4) is 0 Å². The van der Waals surface area contributed by atoms with Crippen LogP contribution in [0.1, 0.15) is 6.92 Å². The van der Waals surface area contributed by atoms with Crippen LogP contribution in [0.2, 0.25) is 0 Å². The van der Waals surface area contributed by atoms with E-state index in [0.717, 1.165) is 0 Å². The Hall–Kier alpha value is -2.04. The van der Waals surface area contributed by atoms with Gasteiger partial charge in [-0.3, -0.25) is 4.79 Å². The van der Waals surface area contributed by atoms with Gasteiger partial charge in [-0.15, -0.1) is 0 Å². The monoisotopic (exact) mass is 207 g/mol. The van der Waals surface area contributed by atoms with E-state index in [1.54, 1.807) is 24.3 Å². The van der Waals surface area contributed by atoms with Gasteiger partial charge in [0.25, 0.3) is 0 Å². The van der Waals surface area contributed by atoms with Crippen LogP contribution in [0, 0.1) is 0 Å². The van der Waals surface area contributed by atoms with Crippen molar-refractivity contribution in [1.29, 1.82) is 0 Å². The van der Waals surface area contributed by atoms with Crippen LogP contribution in [0.4, 0.5) is 10.5 Å². The van der Waals surface area contributed by atoms with E-state index < -0.39 is 18.0 Å². The molecule has 0 aromatic heterocycles. The first-order chi connectivity index (χ1) is 7.09. The maximum Gasteiger partial charge on any atom is 0.319 e. The van der Waals surface area contributed by atoms with E-state index in [0.29, 0.717) is 5.69 Å². The highest BCUT2D eigenvalue weighted by Crippen LogP contribution is 2.04. The summed E-state index contributed by atoms with van der Waals surface area (Å²) in [6.45, 7) is 1.52. The van der Waals surface area contributed by atoms with Crippen LogP contribution in [0.3, 0.4) is 0 Å². The number of para-hydroxylation sites is 1. The minimum Gasteiger partial charge on any atom is -0.368 e. The highest BCUT2D eigenvalue weighted by molar-refractivity contribution is 5.93. The van der Waals surface area contributed by atoms with Gasteiger partial charge in [-0.05, 0) is 19.1 Å². The fourth-order valence-electron chi connectivity index (χ4n) is 0.956. The summed E-state index contributed by atoms with van der Waals surface area (Å²) in [5.41, 5.74) is 5.66. The van der Waals surface area contributed by atoms with Gasteiger partial charge in [-0.25, -0.2) is 4.79 Å². The molecule has 4 N–H and O–H groups in total. The number of amides is 3. The smallest absolute Gasteiger partial charge is 0.319 e. The zero-order chi connectivity index (χ0) is 11.3. The van der Waals surface area contributed by atoms with Crippen molar-refractivity contribution < 1.29 is 9.59 Å². The maximum absolute atomic E-state index is 11.3. The molecule has 0 aliphatic rings. The predicted molar refractivity (Wildman–Crippen MR) is 57.3 cm³/mol. The minimum atomic E-state index is -0.686. The fraction of sp³-hybridized carbons (Fsp3) is 0.200. The van der Waals surface area contributed by atoms with Gasteiger partial charge in [0.2, 0.25) is 5.91 Å². The third-order valence-electron chi connectivity index (χ3n) is 1.81. The Labute approximate surface area is 87.7 Å². The molecule has 1 atom stereocenters. The number of nitrogens with two attached hydrogens (primary N) is 1. The second-order valence-corrected chi connectivity index (χ2v) is 3.09. The number of nitrogens with one attached hydrogen (secondary N) is 2. The van der Waals surface area contributed by atoms with Gasteiger partial charge in [0, 0.05) is 5.69 Å². The summed E-state index contributed by atoms with van der Waals surface area (Å²) in [5, 5.41) is 4.97. The molecule has 5 nitrogen and oxygen atoms in total. The lowest BCUT2D eigenvalue weighted by molar-refractivity contribution is -0.119. The van der Waals surface area contributed by atoms with Crippen LogP contribution in [0.15, 0.2) is 30.3 Å². The molecule has 0 unspecified atom stereocenters. The third kappa shape index (κ3) is 3.68. The van der Waals surface area contributed by atoms with E-state index in [1.165, 1.54) is 6.92 Å². The molecular formula is C10H13N3O2. The second-order valence-electron chi connectivity index (χ2n) is 3.09. The summed E-state index contributed by atoms with van der Waals surface area (Å²) in [6, 6.07) is 7.79. The van der Waals surface area contributed by atoms with E-state index in [1.807, 2.05) is 6.07 Å². The number of anilines is 1. The van der Waals surface area contributed by atoms with Crippen molar-refractivity contribution in [2.24, 2.45) is 5.73 Å². The molecule has 0 fully saturated rings. The van der Waals surface area contributed by atoms with Crippen LogP contribution < -0.4 is 16.4 Å². The van der Waals surface area contributed by atoms with Crippen LogP contribution in [0.25, 0.3) is 0 Å². The summed E-state index contributed by atoms with van der Waals surface area (Å²) in [5.74, 6) is -0.571. The number of urea groups is 1. The fourth-order valence-corrected chi connectivity index (χ4v) is 0.956. The number of benzene rings is 1. The van der Waals surface area contributed by atoms with Crippen molar-refractivity contribution in [2.45, 2.75) is 13.0 Å². The van der Waals surface area contributed by atoms with E-state index in [2.05, 4.69) is 10.6 Å². The summed E-state index contributed by atoms with van der Waals surface area (Å²) in [6.07, 6.45) is 0. The van der Waals surface area contributed by atoms with Gasteiger partial charge in [0.1, 0.15) is 6.04 Å². The van der Waals surface area contributed by atoms with E-state index in [-0.39, 0.29) is 0 Å². The zero-order valence-corrected chi connectivity index (χ0v) is 8.36. The van der Waals surface area contributed by atoms with Gasteiger partial charge >= 0.3 is 6.03 Å². The third-order valence-corrected chi connectivity index (χ3v) is 1.81. The lowest BCUT2D eigenvalue weighted by atomic mass is 10.3.